The summed E-state index contributed by atoms with van der Waals surface area (Å²) in [4.78, 5) is 0. The van der Waals surface area contributed by atoms with Gasteiger partial charge in [-0.05, 0) is 24.6 Å². The first kappa shape index (κ1) is 7.22. The minimum absolute atomic E-state index is 0.307. The Balaban J connectivity index is 2.96. The summed E-state index contributed by atoms with van der Waals surface area (Å²) in [5, 5.41) is 8.98. The lowest BCUT2D eigenvalue weighted by Crippen LogP contribution is -1.90. The van der Waals surface area contributed by atoms with E-state index in [1.807, 2.05) is 0 Å². The summed E-state index contributed by atoms with van der Waals surface area (Å²) >= 11 is 0. The van der Waals surface area contributed by atoms with Gasteiger partial charge in [-0.1, -0.05) is 12.1 Å². The van der Waals surface area contributed by atoms with Crippen LogP contribution in [0.4, 0.5) is 4.39 Å². The van der Waals surface area contributed by atoms with Crippen LogP contribution in [-0.4, -0.2) is 5.11 Å². The molecule has 1 aromatic rings. The molecule has 0 aliphatic rings. The lowest BCUT2D eigenvalue weighted by molar-refractivity contribution is 0.199. The average Bonchev–Trinajstić information content (AvgIpc) is 1.88. The number of benzene rings is 1. The van der Waals surface area contributed by atoms with Gasteiger partial charge in [0.25, 0.3) is 0 Å². The van der Waals surface area contributed by atoms with Crippen LogP contribution < -0.4 is 0 Å². The van der Waals surface area contributed by atoms with Gasteiger partial charge in [0.1, 0.15) is 5.82 Å². The first-order valence-electron chi connectivity index (χ1n) is 3.13. The number of hydrogen-bond donors (Lipinski definition) is 1. The van der Waals surface area contributed by atoms with E-state index >= 15 is 0 Å². The van der Waals surface area contributed by atoms with Crippen molar-refractivity contribution in [3.05, 3.63) is 35.6 Å². The SMILES string of the molecule is C[C@H](O)c1cccc(F)c1. The largest absolute Gasteiger partial charge is 0.389 e. The number of aliphatic hydroxyl groups is 1. The molecule has 0 saturated heterocycles. The van der Waals surface area contributed by atoms with E-state index in [0.717, 1.165) is 0 Å². The van der Waals surface area contributed by atoms with Crippen LogP contribution in [0.1, 0.15) is 18.6 Å². The van der Waals surface area contributed by atoms with E-state index in [2.05, 4.69) is 0 Å². The number of halogens is 1. The van der Waals surface area contributed by atoms with Gasteiger partial charge in [-0.25, -0.2) is 4.39 Å². The Morgan fingerprint density at radius 2 is 2.20 bits per heavy atom. The summed E-state index contributed by atoms with van der Waals surface area (Å²) in [6.07, 6.45) is -0.587. The topological polar surface area (TPSA) is 20.2 Å². The van der Waals surface area contributed by atoms with Gasteiger partial charge in [0.15, 0.2) is 0 Å². The van der Waals surface area contributed by atoms with E-state index in [1.54, 1.807) is 19.1 Å². The summed E-state index contributed by atoms with van der Waals surface area (Å²) in [5.74, 6) is -0.307. The molecule has 1 aromatic carbocycles. The third-order valence-corrected chi connectivity index (χ3v) is 1.33. The van der Waals surface area contributed by atoms with Crippen molar-refractivity contribution in [1.29, 1.82) is 0 Å². The third-order valence-electron chi connectivity index (χ3n) is 1.33. The molecule has 1 atom stereocenters. The fourth-order valence-electron chi connectivity index (χ4n) is 0.766. The highest BCUT2D eigenvalue weighted by molar-refractivity contribution is 5.17. The minimum atomic E-state index is -0.587. The molecule has 1 N–H and O–H groups in total. The molecule has 0 bridgehead atoms. The number of rotatable bonds is 1. The van der Waals surface area contributed by atoms with Crippen molar-refractivity contribution in [2.45, 2.75) is 13.0 Å². The van der Waals surface area contributed by atoms with Crippen LogP contribution in [0.25, 0.3) is 0 Å². The second-order valence-electron chi connectivity index (χ2n) is 2.23. The van der Waals surface area contributed by atoms with Gasteiger partial charge in [-0.2, -0.15) is 0 Å². The molecule has 0 spiro atoms. The maximum atomic E-state index is 12.4. The standard InChI is InChI=1S/C8H9FO/c1-6(10)7-3-2-4-8(9)5-7/h2-6,10H,1H3/t6-/m0/s1. The van der Waals surface area contributed by atoms with Crippen molar-refractivity contribution in [3.8, 4) is 0 Å². The molecule has 1 rings (SSSR count). The monoisotopic (exact) mass is 140 g/mol. The molecule has 0 fully saturated rings. The Kier molecular flexibility index (Phi) is 2.02. The summed E-state index contributed by atoms with van der Waals surface area (Å²) in [6, 6.07) is 5.95. The summed E-state index contributed by atoms with van der Waals surface area (Å²) in [7, 11) is 0. The molecule has 1 nitrogen and oxygen atoms in total. The van der Waals surface area contributed by atoms with Crippen LogP contribution in [-0.2, 0) is 0 Å². The zero-order chi connectivity index (χ0) is 7.56. The molecule has 0 amide bonds. The fraction of sp³-hybridized carbons (Fsp3) is 0.250. The second kappa shape index (κ2) is 2.80. The highest BCUT2D eigenvalue weighted by atomic mass is 19.1. The van der Waals surface area contributed by atoms with Crippen molar-refractivity contribution in [1.82, 2.24) is 0 Å². The molecule has 54 valence electrons. The molecule has 0 unspecified atom stereocenters. The lowest BCUT2D eigenvalue weighted by Gasteiger charge is -2.02. The van der Waals surface area contributed by atoms with E-state index in [0.29, 0.717) is 5.56 Å². The summed E-state index contributed by atoms with van der Waals surface area (Å²) in [5.41, 5.74) is 0.611. The van der Waals surface area contributed by atoms with Gasteiger partial charge in [0.2, 0.25) is 0 Å². The second-order valence-corrected chi connectivity index (χ2v) is 2.23. The van der Waals surface area contributed by atoms with Gasteiger partial charge < -0.3 is 5.11 Å². The normalized spacial score (nSPS) is 13.1. The minimum Gasteiger partial charge on any atom is -0.389 e. The zero-order valence-electron chi connectivity index (χ0n) is 5.71. The van der Waals surface area contributed by atoms with Crippen molar-refractivity contribution in [2.24, 2.45) is 0 Å². The maximum Gasteiger partial charge on any atom is 0.123 e. The Morgan fingerprint density at radius 3 is 2.60 bits per heavy atom. The van der Waals surface area contributed by atoms with Crippen molar-refractivity contribution in [3.63, 3.8) is 0 Å². The Morgan fingerprint density at radius 1 is 1.50 bits per heavy atom. The van der Waals surface area contributed by atoms with Gasteiger partial charge >= 0.3 is 0 Å². The first-order chi connectivity index (χ1) is 4.70. The van der Waals surface area contributed by atoms with Gasteiger partial charge in [0.05, 0.1) is 6.10 Å². The maximum absolute atomic E-state index is 12.4. The molecule has 0 aliphatic carbocycles. The van der Waals surface area contributed by atoms with Gasteiger partial charge in [-0.3, -0.25) is 0 Å². The zero-order valence-corrected chi connectivity index (χ0v) is 5.71. The van der Waals surface area contributed by atoms with E-state index in [4.69, 9.17) is 5.11 Å². The molecule has 0 radical (unpaired) electrons. The van der Waals surface area contributed by atoms with Gasteiger partial charge in [-0.15, -0.1) is 0 Å². The average molecular weight is 140 g/mol. The van der Waals surface area contributed by atoms with Crippen LogP contribution in [0.2, 0.25) is 0 Å². The molecular weight excluding hydrogens is 131 g/mol. The Labute approximate surface area is 59.1 Å². The Bertz CT molecular complexity index is 220. The van der Waals surface area contributed by atoms with Crippen LogP contribution in [0, 0.1) is 5.82 Å². The summed E-state index contributed by atoms with van der Waals surface area (Å²) < 4.78 is 12.4. The van der Waals surface area contributed by atoms with E-state index in [9.17, 15) is 4.39 Å². The molecule has 2 heteroatoms. The highest BCUT2D eigenvalue weighted by Crippen LogP contribution is 2.11. The lowest BCUT2D eigenvalue weighted by atomic mass is 10.1. The number of aliphatic hydroxyl groups excluding tert-OH is 1. The first-order valence-corrected chi connectivity index (χ1v) is 3.13. The van der Waals surface area contributed by atoms with E-state index in [-0.39, 0.29) is 5.82 Å². The molecule has 0 aliphatic heterocycles. The molecular formula is C8H9FO. The van der Waals surface area contributed by atoms with Crippen molar-refractivity contribution in [2.75, 3.05) is 0 Å². The van der Waals surface area contributed by atoms with Crippen LogP contribution in [0.3, 0.4) is 0 Å². The predicted octanol–water partition coefficient (Wildman–Crippen LogP) is 1.88. The van der Waals surface area contributed by atoms with Crippen molar-refractivity contribution >= 4 is 0 Å². The molecule has 10 heavy (non-hydrogen) atoms. The molecule has 0 heterocycles. The molecule has 0 aromatic heterocycles. The van der Waals surface area contributed by atoms with E-state index < -0.39 is 6.10 Å². The molecule has 0 saturated carbocycles. The Hall–Kier alpha value is -0.890. The quantitative estimate of drug-likeness (QED) is 0.631. The highest BCUT2D eigenvalue weighted by Gasteiger charge is 1.99. The fourth-order valence-corrected chi connectivity index (χ4v) is 0.766. The number of hydrogen-bond acceptors (Lipinski definition) is 1. The third kappa shape index (κ3) is 1.54. The van der Waals surface area contributed by atoms with E-state index in [1.165, 1.54) is 12.1 Å². The smallest absolute Gasteiger partial charge is 0.123 e. The van der Waals surface area contributed by atoms with Gasteiger partial charge in [0, 0.05) is 0 Å². The predicted molar refractivity (Wildman–Crippen MR) is 37.0 cm³/mol. The van der Waals surface area contributed by atoms with Crippen LogP contribution in [0.15, 0.2) is 24.3 Å². The van der Waals surface area contributed by atoms with Crippen molar-refractivity contribution < 1.29 is 9.50 Å². The van der Waals surface area contributed by atoms with Crippen LogP contribution in [0.5, 0.6) is 0 Å². The van der Waals surface area contributed by atoms with Crippen LogP contribution >= 0.6 is 0 Å². The summed E-state index contributed by atoms with van der Waals surface area (Å²) in [6.45, 7) is 1.61.